The van der Waals surface area contributed by atoms with Gasteiger partial charge in [0, 0.05) is 19.1 Å². The van der Waals surface area contributed by atoms with Crippen molar-refractivity contribution in [3.05, 3.63) is 53.8 Å². The Morgan fingerprint density at radius 3 is 2.97 bits per heavy atom. The van der Waals surface area contributed by atoms with Crippen LogP contribution in [0, 0.1) is 6.92 Å². The second-order valence-corrected chi connectivity index (χ2v) is 7.67. The van der Waals surface area contributed by atoms with E-state index >= 15 is 0 Å². The molecule has 0 saturated carbocycles. The van der Waals surface area contributed by atoms with Crippen LogP contribution in [0.2, 0.25) is 0 Å². The van der Waals surface area contributed by atoms with Gasteiger partial charge in [0.2, 0.25) is 17.7 Å². The Morgan fingerprint density at radius 1 is 1.20 bits per heavy atom. The van der Waals surface area contributed by atoms with E-state index in [9.17, 15) is 0 Å². The number of rotatable bonds is 6. The summed E-state index contributed by atoms with van der Waals surface area (Å²) in [6, 6.07) is 12.7. The zero-order valence-electron chi connectivity index (χ0n) is 16.8. The molecule has 4 aromatic rings. The molecule has 3 N–H and O–H groups in total. The standard InChI is InChI=1S/C21H24N8O/c1-14-5-2-6-15(11-14)13-28-9-3-7-16(28)12-23-20-25-19(22)29-21(26-20)24-18(27-29)17-8-4-10-30-17/h2,4-6,8,10-11,16H,3,7,9,12-13H2,1H3,(H3,22,23,24,25,26,27). The molecule has 154 valence electrons. The minimum Gasteiger partial charge on any atom is -0.461 e. The van der Waals surface area contributed by atoms with Crippen molar-refractivity contribution in [1.82, 2.24) is 29.5 Å². The van der Waals surface area contributed by atoms with Crippen molar-refractivity contribution in [2.75, 3.05) is 24.1 Å². The fourth-order valence-electron chi connectivity index (χ4n) is 3.98. The average molecular weight is 404 g/mol. The van der Waals surface area contributed by atoms with Crippen molar-refractivity contribution in [3.63, 3.8) is 0 Å². The van der Waals surface area contributed by atoms with Gasteiger partial charge in [-0.1, -0.05) is 29.8 Å². The van der Waals surface area contributed by atoms with Crippen LogP contribution in [0.1, 0.15) is 24.0 Å². The maximum atomic E-state index is 6.08. The highest BCUT2D eigenvalue weighted by molar-refractivity contribution is 5.52. The van der Waals surface area contributed by atoms with Gasteiger partial charge < -0.3 is 15.5 Å². The maximum absolute atomic E-state index is 6.08. The number of fused-ring (bicyclic) bond motifs is 1. The average Bonchev–Trinajstić information content (AvgIpc) is 3.47. The predicted molar refractivity (Wildman–Crippen MR) is 114 cm³/mol. The lowest BCUT2D eigenvalue weighted by Crippen LogP contribution is -2.34. The van der Waals surface area contributed by atoms with E-state index in [0.29, 0.717) is 29.4 Å². The van der Waals surface area contributed by atoms with Gasteiger partial charge in [0.05, 0.1) is 6.26 Å². The summed E-state index contributed by atoms with van der Waals surface area (Å²) in [6.07, 6.45) is 3.91. The lowest BCUT2D eigenvalue weighted by Gasteiger charge is -2.25. The number of nitrogens with zero attached hydrogens (tertiary/aromatic N) is 6. The zero-order valence-corrected chi connectivity index (χ0v) is 16.8. The maximum Gasteiger partial charge on any atom is 0.259 e. The first-order chi connectivity index (χ1) is 14.7. The van der Waals surface area contributed by atoms with E-state index in [0.717, 1.165) is 26.1 Å². The molecule has 9 heteroatoms. The van der Waals surface area contributed by atoms with Crippen molar-refractivity contribution in [1.29, 1.82) is 0 Å². The number of hydrogen-bond donors (Lipinski definition) is 2. The van der Waals surface area contributed by atoms with Crippen LogP contribution in [0.25, 0.3) is 17.4 Å². The van der Waals surface area contributed by atoms with Crippen LogP contribution in [0.3, 0.4) is 0 Å². The molecule has 0 bridgehead atoms. The van der Waals surface area contributed by atoms with Gasteiger partial charge in [0.25, 0.3) is 5.78 Å². The van der Waals surface area contributed by atoms with E-state index in [4.69, 9.17) is 10.2 Å². The molecule has 30 heavy (non-hydrogen) atoms. The predicted octanol–water partition coefficient (Wildman–Crippen LogP) is 2.75. The van der Waals surface area contributed by atoms with Crippen LogP contribution in [-0.4, -0.2) is 48.6 Å². The highest BCUT2D eigenvalue weighted by Gasteiger charge is 2.25. The first kappa shape index (κ1) is 18.6. The molecular formula is C21H24N8O. The Labute approximate surface area is 174 Å². The Bertz CT molecular complexity index is 1150. The Kier molecular flexibility index (Phi) is 4.80. The minimum absolute atomic E-state index is 0.232. The third-order valence-corrected chi connectivity index (χ3v) is 5.44. The van der Waals surface area contributed by atoms with Crippen molar-refractivity contribution < 1.29 is 4.42 Å². The third-order valence-electron chi connectivity index (χ3n) is 5.44. The zero-order chi connectivity index (χ0) is 20.5. The number of benzene rings is 1. The summed E-state index contributed by atoms with van der Waals surface area (Å²) in [5.41, 5.74) is 8.72. The van der Waals surface area contributed by atoms with E-state index in [-0.39, 0.29) is 5.95 Å². The van der Waals surface area contributed by atoms with Gasteiger partial charge in [-0.15, -0.1) is 5.10 Å². The Balaban J connectivity index is 1.29. The molecule has 0 amide bonds. The molecule has 0 radical (unpaired) electrons. The molecule has 0 aliphatic carbocycles. The van der Waals surface area contributed by atoms with Gasteiger partial charge in [-0.3, -0.25) is 4.90 Å². The molecule has 1 saturated heterocycles. The van der Waals surface area contributed by atoms with Crippen LogP contribution in [0.5, 0.6) is 0 Å². The number of aromatic nitrogens is 5. The van der Waals surface area contributed by atoms with Crippen molar-refractivity contribution in [2.45, 2.75) is 32.4 Å². The Morgan fingerprint density at radius 2 is 2.13 bits per heavy atom. The van der Waals surface area contributed by atoms with E-state index < -0.39 is 0 Å². The molecule has 9 nitrogen and oxygen atoms in total. The summed E-state index contributed by atoms with van der Waals surface area (Å²) in [5, 5.41) is 7.67. The highest BCUT2D eigenvalue weighted by atomic mass is 16.3. The van der Waals surface area contributed by atoms with Crippen molar-refractivity contribution in [3.8, 4) is 11.6 Å². The molecule has 1 aliphatic heterocycles. The number of nitrogen functional groups attached to an aromatic ring is 1. The summed E-state index contributed by atoms with van der Waals surface area (Å²) < 4.78 is 6.77. The number of likely N-dealkylation sites (tertiary alicyclic amines) is 1. The first-order valence-electron chi connectivity index (χ1n) is 10.1. The van der Waals surface area contributed by atoms with Crippen LogP contribution in [0.15, 0.2) is 47.1 Å². The third kappa shape index (κ3) is 3.71. The molecular weight excluding hydrogens is 380 g/mol. The van der Waals surface area contributed by atoms with Crippen LogP contribution < -0.4 is 11.1 Å². The monoisotopic (exact) mass is 404 g/mol. The molecule has 0 spiro atoms. The van der Waals surface area contributed by atoms with Gasteiger partial charge in [0.15, 0.2) is 5.76 Å². The second kappa shape index (κ2) is 7.75. The van der Waals surface area contributed by atoms with E-state index in [2.05, 4.69) is 61.5 Å². The van der Waals surface area contributed by atoms with E-state index in [1.807, 2.05) is 0 Å². The minimum atomic E-state index is 0.232. The van der Waals surface area contributed by atoms with E-state index in [1.54, 1.807) is 18.4 Å². The molecule has 5 rings (SSSR count). The molecule has 1 atom stereocenters. The highest BCUT2D eigenvalue weighted by Crippen LogP contribution is 2.22. The van der Waals surface area contributed by atoms with Gasteiger partial charge in [-0.25, -0.2) is 0 Å². The van der Waals surface area contributed by atoms with Crippen molar-refractivity contribution in [2.24, 2.45) is 0 Å². The summed E-state index contributed by atoms with van der Waals surface area (Å²) in [6.45, 7) is 4.93. The molecule has 1 fully saturated rings. The number of nitrogens with one attached hydrogen (secondary N) is 1. The fourth-order valence-corrected chi connectivity index (χ4v) is 3.98. The summed E-state index contributed by atoms with van der Waals surface area (Å²) >= 11 is 0. The number of aryl methyl sites for hydroxylation is 1. The SMILES string of the molecule is Cc1cccc(CN2CCCC2CNc2nc(N)n3nc(-c4ccco4)nc3n2)c1. The topological polar surface area (TPSA) is 110 Å². The van der Waals surface area contributed by atoms with Crippen LogP contribution in [-0.2, 0) is 6.54 Å². The van der Waals surface area contributed by atoms with Crippen LogP contribution in [0.4, 0.5) is 11.9 Å². The number of hydrogen-bond acceptors (Lipinski definition) is 8. The largest absolute Gasteiger partial charge is 0.461 e. The number of nitrogens with two attached hydrogens (primary N) is 1. The summed E-state index contributed by atoms with van der Waals surface area (Å²) in [5.74, 6) is 2.07. The first-order valence-corrected chi connectivity index (χ1v) is 10.1. The van der Waals surface area contributed by atoms with Gasteiger partial charge >= 0.3 is 0 Å². The number of furan rings is 1. The lowest BCUT2D eigenvalue weighted by atomic mass is 10.1. The quantitative estimate of drug-likeness (QED) is 0.505. The smallest absolute Gasteiger partial charge is 0.259 e. The van der Waals surface area contributed by atoms with Crippen molar-refractivity contribution >= 4 is 17.7 Å². The lowest BCUT2D eigenvalue weighted by molar-refractivity contribution is 0.254. The molecule has 1 unspecified atom stereocenters. The molecule has 1 aromatic carbocycles. The molecule has 1 aliphatic rings. The van der Waals surface area contributed by atoms with Gasteiger partial charge in [-0.2, -0.15) is 19.5 Å². The van der Waals surface area contributed by atoms with Gasteiger partial charge in [0.1, 0.15) is 0 Å². The molecule has 3 aromatic heterocycles. The van der Waals surface area contributed by atoms with Gasteiger partial charge in [-0.05, 0) is 44.0 Å². The summed E-state index contributed by atoms with van der Waals surface area (Å²) in [4.78, 5) is 15.7. The van der Waals surface area contributed by atoms with Crippen LogP contribution >= 0.6 is 0 Å². The second-order valence-electron chi connectivity index (χ2n) is 7.67. The van der Waals surface area contributed by atoms with E-state index in [1.165, 1.54) is 22.1 Å². The number of anilines is 2. The molecule has 4 heterocycles. The Hall–Kier alpha value is -3.46. The summed E-state index contributed by atoms with van der Waals surface area (Å²) in [7, 11) is 0. The fraction of sp³-hybridized carbons (Fsp3) is 0.333. The normalized spacial score (nSPS) is 17.0.